The molecule has 0 amide bonds. The standard InChI is InChI=1S/C18H24N2O/c1-13-17(14-7-4-5-8-15(14)19-13)16(21)11-20-10-6-9-18(2,3)12-20/h4-5,7-8,19H,6,9-12H2,1-3H3. The number of nitrogens with one attached hydrogen (secondary N) is 1. The van der Waals surface area contributed by atoms with Crippen LogP contribution in [0, 0.1) is 12.3 Å². The number of hydrogen-bond donors (Lipinski definition) is 1. The smallest absolute Gasteiger partial charge is 0.179 e. The third-order valence-electron chi connectivity index (χ3n) is 4.52. The molecule has 2 heterocycles. The van der Waals surface area contributed by atoms with Crippen molar-refractivity contribution in [2.45, 2.75) is 33.6 Å². The van der Waals surface area contributed by atoms with Gasteiger partial charge in [0, 0.05) is 28.7 Å². The first-order valence-corrected chi connectivity index (χ1v) is 7.79. The number of carbonyl (C=O) groups is 1. The Bertz CT molecular complexity index is 669. The average molecular weight is 284 g/mol. The number of aromatic amines is 1. The van der Waals surface area contributed by atoms with E-state index in [1.54, 1.807) is 0 Å². The molecule has 3 heteroatoms. The summed E-state index contributed by atoms with van der Waals surface area (Å²) in [6, 6.07) is 8.06. The summed E-state index contributed by atoms with van der Waals surface area (Å²) < 4.78 is 0. The van der Waals surface area contributed by atoms with Crippen molar-refractivity contribution in [1.29, 1.82) is 0 Å². The molecule has 0 bridgehead atoms. The van der Waals surface area contributed by atoms with Crippen molar-refractivity contribution in [3.05, 3.63) is 35.5 Å². The van der Waals surface area contributed by atoms with Gasteiger partial charge in [0.05, 0.1) is 6.54 Å². The molecule has 1 aliphatic rings. The molecule has 1 aromatic heterocycles. The molecule has 2 aromatic rings. The number of aryl methyl sites for hydroxylation is 1. The van der Waals surface area contributed by atoms with Crippen molar-refractivity contribution in [2.24, 2.45) is 5.41 Å². The van der Waals surface area contributed by atoms with Crippen LogP contribution in [0.1, 0.15) is 42.7 Å². The Labute approximate surface area is 126 Å². The summed E-state index contributed by atoms with van der Waals surface area (Å²) >= 11 is 0. The molecule has 0 atom stereocenters. The Morgan fingerprint density at radius 1 is 1.33 bits per heavy atom. The number of hydrogen-bond acceptors (Lipinski definition) is 2. The summed E-state index contributed by atoms with van der Waals surface area (Å²) in [5, 5.41) is 1.05. The van der Waals surface area contributed by atoms with Crippen molar-refractivity contribution in [3.8, 4) is 0 Å². The number of piperidine rings is 1. The van der Waals surface area contributed by atoms with Gasteiger partial charge in [-0.15, -0.1) is 0 Å². The van der Waals surface area contributed by atoms with Crippen LogP contribution in [0.25, 0.3) is 10.9 Å². The van der Waals surface area contributed by atoms with E-state index in [-0.39, 0.29) is 5.78 Å². The van der Waals surface area contributed by atoms with Crippen LogP contribution in [0.3, 0.4) is 0 Å². The minimum absolute atomic E-state index is 0.239. The van der Waals surface area contributed by atoms with Gasteiger partial charge in [-0.05, 0) is 37.8 Å². The summed E-state index contributed by atoms with van der Waals surface area (Å²) in [6.45, 7) is 9.16. The summed E-state index contributed by atoms with van der Waals surface area (Å²) in [5.74, 6) is 0.239. The third-order valence-corrected chi connectivity index (χ3v) is 4.52. The van der Waals surface area contributed by atoms with Gasteiger partial charge >= 0.3 is 0 Å². The van der Waals surface area contributed by atoms with Crippen LogP contribution in [-0.4, -0.2) is 35.3 Å². The van der Waals surface area contributed by atoms with E-state index < -0.39 is 0 Å². The first-order chi connectivity index (χ1) is 9.96. The van der Waals surface area contributed by atoms with Gasteiger partial charge in [0.1, 0.15) is 0 Å². The zero-order valence-corrected chi connectivity index (χ0v) is 13.2. The number of benzene rings is 1. The number of likely N-dealkylation sites (tertiary alicyclic amines) is 1. The minimum Gasteiger partial charge on any atom is -0.358 e. The maximum Gasteiger partial charge on any atom is 0.179 e. The van der Waals surface area contributed by atoms with Crippen molar-refractivity contribution in [1.82, 2.24) is 9.88 Å². The molecule has 0 radical (unpaired) electrons. The first-order valence-electron chi connectivity index (χ1n) is 7.79. The van der Waals surface area contributed by atoms with E-state index in [4.69, 9.17) is 0 Å². The number of nitrogens with zero attached hydrogens (tertiary/aromatic N) is 1. The highest BCUT2D eigenvalue weighted by Gasteiger charge is 2.28. The Morgan fingerprint density at radius 3 is 2.86 bits per heavy atom. The molecule has 0 aliphatic carbocycles. The average Bonchev–Trinajstić information content (AvgIpc) is 2.73. The first kappa shape index (κ1) is 14.3. The van der Waals surface area contributed by atoms with Crippen molar-refractivity contribution >= 4 is 16.7 Å². The number of carbonyl (C=O) groups excluding carboxylic acids is 1. The van der Waals surface area contributed by atoms with Crippen molar-refractivity contribution < 1.29 is 4.79 Å². The number of fused-ring (bicyclic) bond motifs is 1. The van der Waals surface area contributed by atoms with Crippen LogP contribution in [0.2, 0.25) is 0 Å². The lowest BCUT2D eigenvalue weighted by atomic mass is 9.84. The lowest BCUT2D eigenvalue weighted by Gasteiger charge is -2.37. The lowest BCUT2D eigenvalue weighted by Crippen LogP contribution is -2.42. The number of rotatable bonds is 3. The second-order valence-corrected chi connectivity index (χ2v) is 7.07. The predicted octanol–water partition coefficient (Wildman–Crippen LogP) is 3.78. The number of ketones is 1. The SMILES string of the molecule is Cc1[nH]c2ccccc2c1C(=O)CN1CCCC(C)(C)C1. The summed E-state index contributed by atoms with van der Waals surface area (Å²) in [4.78, 5) is 18.4. The quantitative estimate of drug-likeness (QED) is 0.871. The second kappa shape index (κ2) is 5.30. The highest BCUT2D eigenvalue weighted by molar-refractivity contribution is 6.10. The molecule has 21 heavy (non-hydrogen) atoms. The Morgan fingerprint density at radius 2 is 2.10 bits per heavy atom. The molecular formula is C18H24N2O. The molecule has 3 rings (SSSR count). The van der Waals surface area contributed by atoms with Crippen molar-refractivity contribution in [2.75, 3.05) is 19.6 Å². The normalized spacial score (nSPS) is 19.0. The van der Waals surface area contributed by atoms with Gasteiger partial charge < -0.3 is 4.98 Å². The molecule has 112 valence electrons. The summed E-state index contributed by atoms with van der Waals surface area (Å²) in [7, 11) is 0. The molecule has 1 saturated heterocycles. The van der Waals surface area contributed by atoms with Gasteiger partial charge in [-0.2, -0.15) is 0 Å². The van der Waals surface area contributed by atoms with E-state index in [9.17, 15) is 4.79 Å². The highest BCUT2D eigenvalue weighted by Crippen LogP contribution is 2.29. The third kappa shape index (κ3) is 2.88. The fraction of sp³-hybridized carbons (Fsp3) is 0.500. The Kier molecular flexibility index (Phi) is 3.62. The predicted molar refractivity (Wildman–Crippen MR) is 86.8 cm³/mol. The van der Waals surface area contributed by atoms with E-state index >= 15 is 0 Å². The number of aromatic nitrogens is 1. The van der Waals surface area contributed by atoms with Gasteiger partial charge in [-0.3, -0.25) is 9.69 Å². The topological polar surface area (TPSA) is 36.1 Å². The molecule has 0 unspecified atom stereocenters. The summed E-state index contributed by atoms with van der Waals surface area (Å²) in [5.41, 5.74) is 3.23. The van der Waals surface area contributed by atoms with Crippen LogP contribution < -0.4 is 0 Å². The van der Waals surface area contributed by atoms with E-state index in [0.29, 0.717) is 12.0 Å². The molecule has 1 fully saturated rings. The highest BCUT2D eigenvalue weighted by atomic mass is 16.1. The zero-order valence-electron chi connectivity index (χ0n) is 13.2. The van der Waals surface area contributed by atoms with Crippen LogP contribution >= 0.6 is 0 Å². The number of para-hydroxylation sites is 1. The van der Waals surface area contributed by atoms with Gasteiger partial charge in [0.2, 0.25) is 0 Å². The number of Topliss-reactive ketones (excluding diaryl/α,β-unsaturated/α-hetero) is 1. The molecule has 1 N–H and O–H groups in total. The molecule has 0 spiro atoms. The fourth-order valence-corrected chi connectivity index (χ4v) is 3.60. The summed E-state index contributed by atoms with van der Waals surface area (Å²) in [6.07, 6.45) is 2.44. The van der Waals surface area contributed by atoms with E-state index in [1.165, 1.54) is 12.8 Å². The molecule has 0 saturated carbocycles. The number of H-pyrrole nitrogens is 1. The minimum atomic E-state index is 0.239. The van der Waals surface area contributed by atoms with Gasteiger partial charge in [-0.1, -0.05) is 32.0 Å². The van der Waals surface area contributed by atoms with Gasteiger partial charge in [-0.25, -0.2) is 0 Å². The molecule has 3 nitrogen and oxygen atoms in total. The van der Waals surface area contributed by atoms with Gasteiger partial charge in [0.15, 0.2) is 5.78 Å². The monoisotopic (exact) mass is 284 g/mol. The van der Waals surface area contributed by atoms with Gasteiger partial charge in [0.25, 0.3) is 0 Å². The van der Waals surface area contributed by atoms with Crippen LogP contribution in [0.5, 0.6) is 0 Å². The van der Waals surface area contributed by atoms with Crippen LogP contribution in [-0.2, 0) is 0 Å². The zero-order chi connectivity index (χ0) is 15.0. The van der Waals surface area contributed by atoms with Crippen LogP contribution in [0.15, 0.2) is 24.3 Å². The molecule has 1 aromatic carbocycles. The Hall–Kier alpha value is -1.61. The second-order valence-electron chi connectivity index (χ2n) is 7.07. The largest absolute Gasteiger partial charge is 0.358 e. The fourth-order valence-electron chi connectivity index (χ4n) is 3.60. The Balaban J connectivity index is 1.83. The van der Waals surface area contributed by atoms with E-state index in [1.807, 2.05) is 31.2 Å². The maximum absolute atomic E-state index is 12.8. The maximum atomic E-state index is 12.8. The molecular weight excluding hydrogens is 260 g/mol. The van der Waals surface area contributed by atoms with Crippen molar-refractivity contribution in [3.63, 3.8) is 0 Å². The molecule has 1 aliphatic heterocycles. The lowest BCUT2D eigenvalue weighted by molar-refractivity contribution is 0.0811. The van der Waals surface area contributed by atoms with Crippen LogP contribution in [0.4, 0.5) is 0 Å². The van der Waals surface area contributed by atoms with E-state index in [2.05, 4.69) is 23.7 Å². The van der Waals surface area contributed by atoms with E-state index in [0.717, 1.165) is 35.2 Å².